The zero-order valence-electron chi connectivity index (χ0n) is 15.4. The van der Waals surface area contributed by atoms with E-state index in [0.29, 0.717) is 5.92 Å². The summed E-state index contributed by atoms with van der Waals surface area (Å²) in [6.45, 7) is 3.28. The molecule has 0 saturated carbocycles. The van der Waals surface area contributed by atoms with E-state index in [2.05, 4.69) is 25.9 Å². The van der Waals surface area contributed by atoms with Crippen LogP contribution in [0.25, 0.3) is 0 Å². The van der Waals surface area contributed by atoms with Crippen LogP contribution in [0.2, 0.25) is 0 Å². The van der Waals surface area contributed by atoms with Crippen molar-refractivity contribution in [3.63, 3.8) is 0 Å². The molecular weight excluding hydrogens is 346 g/mol. The molecule has 7 heteroatoms. The Balaban J connectivity index is 1.41. The lowest BCUT2D eigenvalue weighted by Crippen LogP contribution is -2.41. The van der Waals surface area contributed by atoms with E-state index in [4.69, 9.17) is 0 Å². The molecule has 140 valence electrons. The molecule has 2 aromatic rings. The highest BCUT2D eigenvalue weighted by Gasteiger charge is 2.28. The minimum Gasteiger partial charge on any atom is -0.338 e. The molecule has 0 spiro atoms. The molecule has 0 aromatic carbocycles. The Labute approximate surface area is 158 Å². The first-order chi connectivity index (χ1) is 12.7. The fraction of sp³-hybridized carbons (Fsp3) is 0.632. The molecule has 2 aromatic heterocycles. The highest BCUT2D eigenvalue weighted by molar-refractivity contribution is 7.12. The first-order valence-corrected chi connectivity index (χ1v) is 10.5. The molecule has 1 aliphatic heterocycles. The maximum atomic E-state index is 13.1. The van der Waals surface area contributed by atoms with Crippen LogP contribution in [0.5, 0.6) is 0 Å². The molecule has 4 rings (SSSR count). The third-order valence-corrected chi connectivity index (χ3v) is 6.55. The van der Waals surface area contributed by atoms with Gasteiger partial charge in [0.2, 0.25) is 0 Å². The maximum Gasteiger partial charge on any atom is 0.264 e. The van der Waals surface area contributed by atoms with Gasteiger partial charge in [-0.25, -0.2) is 0 Å². The summed E-state index contributed by atoms with van der Waals surface area (Å²) in [4.78, 5) is 16.2. The van der Waals surface area contributed by atoms with Crippen LogP contribution in [-0.2, 0) is 25.9 Å². The minimum absolute atomic E-state index is 0.248. The topological polar surface area (TPSA) is 63.1 Å². The number of thiophene rings is 1. The van der Waals surface area contributed by atoms with Gasteiger partial charge in [0.15, 0.2) is 0 Å². The van der Waals surface area contributed by atoms with Crippen molar-refractivity contribution in [3.05, 3.63) is 33.3 Å². The number of amides is 1. The zero-order chi connectivity index (χ0) is 17.9. The Morgan fingerprint density at radius 3 is 3.12 bits per heavy atom. The summed E-state index contributed by atoms with van der Waals surface area (Å²) in [5.74, 6) is 0.699. The van der Waals surface area contributed by atoms with Crippen LogP contribution >= 0.6 is 11.3 Å². The summed E-state index contributed by atoms with van der Waals surface area (Å²) in [5.41, 5.74) is 3.71. The number of likely N-dealkylation sites (tertiary alicyclic amines) is 1. The number of hydrogen-bond donors (Lipinski definition) is 1. The summed E-state index contributed by atoms with van der Waals surface area (Å²) in [6.07, 6.45) is 8.92. The van der Waals surface area contributed by atoms with Crippen LogP contribution < -0.4 is 5.32 Å². The molecule has 6 nitrogen and oxygen atoms in total. The van der Waals surface area contributed by atoms with Gasteiger partial charge in [0.05, 0.1) is 10.6 Å². The summed E-state index contributed by atoms with van der Waals surface area (Å²) in [6, 6.07) is 0. The first kappa shape index (κ1) is 17.7. The lowest BCUT2D eigenvalue weighted by atomic mass is 9.93. The molecule has 26 heavy (non-hydrogen) atoms. The van der Waals surface area contributed by atoms with Crippen LogP contribution in [0.1, 0.15) is 52.2 Å². The Kier molecular flexibility index (Phi) is 5.36. The van der Waals surface area contributed by atoms with Crippen LogP contribution in [0.4, 0.5) is 0 Å². The molecule has 1 N–H and O–H groups in total. The number of nitrogens with zero attached hydrogens (tertiary/aromatic N) is 4. The Morgan fingerprint density at radius 1 is 1.35 bits per heavy atom. The van der Waals surface area contributed by atoms with Crippen molar-refractivity contribution in [3.8, 4) is 0 Å². The lowest BCUT2D eigenvalue weighted by Gasteiger charge is -2.32. The number of carbonyl (C=O) groups is 1. The van der Waals surface area contributed by atoms with Crippen molar-refractivity contribution in [1.82, 2.24) is 25.2 Å². The van der Waals surface area contributed by atoms with Gasteiger partial charge >= 0.3 is 0 Å². The number of carbonyl (C=O) groups excluding carboxylic acids is 1. The predicted molar refractivity (Wildman–Crippen MR) is 102 cm³/mol. The van der Waals surface area contributed by atoms with E-state index >= 15 is 0 Å². The van der Waals surface area contributed by atoms with Crippen molar-refractivity contribution in [2.24, 2.45) is 5.92 Å². The molecule has 1 amide bonds. The Hall–Kier alpha value is -1.73. The second-order valence-electron chi connectivity index (χ2n) is 7.50. The second-order valence-corrected chi connectivity index (χ2v) is 8.38. The Bertz CT molecular complexity index is 768. The molecule has 1 fully saturated rings. The molecule has 3 heterocycles. The van der Waals surface area contributed by atoms with Gasteiger partial charge < -0.3 is 10.2 Å². The fourth-order valence-corrected chi connectivity index (χ4v) is 5.32. The van der Waals surface area contributed by atoms with Gasteiger partial charge in [-0.3, -0.25) is 9.48 Å². The van der Waals surface area contributed by atoms with Gasteiger partial charge in [-0.2, -0.15) is 0 Å². The van der Waals surface area contributed by atoms with E-state index in [1.54, 1.807) is 11.3 Å². The van der Waals surface area contributed by atoms with Gasteiger partial charge in [0, 0.05) is 32.4 Å². The van der Waals surface area contributed by atoms with Gasteiger partial charge in [-0.05, 0) is 68.0 Å². The first-order valence-electron chi connectivity index (χ1n) is 9.66. The summed E-state index contributed by atoms with van der Waals surface area (Å²) < 4.78 is 1.93. The van der Waals surface area contributed by atoms with Gasteiger partial charge in [0.1, 0.15) is 0 Å². The summed E-state index contributed by atoms with van der Waals surface area (Å²) >= 11 is 1.66. The van der Waals surface area contributed by atoms with Gasteiger partial charge in [0.25, 0.3) is 5.91 Å². The van der Waals surface area contributed by atoms with E-state index in [1.807, 2.05) is 17.9 Å². The van der Waals surface area contributed by atoms with Crippen molar-refractivity contribution >= 4 is 17.2 Å². The summed E-state index contributed by atoms with van der Waals surface area (Å²) in [5, 5.41) is 13.7. The van der Waals surface area contributed by atoms with Gasteiger partial charge in [-0.1, -0.05) is 5.21 Å². The molecular formula is C19H27N5OS. The maximum absolute atomic E-state index is 13.1. The molecule has 0 unspecified atom stereocenters. The van der Waals surface area contributed by atoms with Crippen molar-refractivity contribution < 1.29 is 4.79 Å². The predicted octanol–water partition coefficient (Wildman–Crippen LogP) is 2.49. The molecule has 0 bridgehead atoms. The SMILES string of the molecule is CNCc1cn(C[C@@H]2CCCN(C(=O)c3scc4c3CCCC4)C2)nn1. The third-order valence-electron chi connectivity index (χ3n) is 5.49. The van der Waals surface area contributed by atoms with E-state index in [0.717, 1.165) is 62.4 Å². The van der Waals surface area contributed by atoms with Crippen LogP contribution in [0, 0.1) is 5.92 Å². The van der Waals surface area contributed by atoms with E-state index in [-0.39, 0.29) is 5.91 Å². The number of piperidine rings is 1. The molecule has 2 aliphatic rings. The third kappa shape index (κ3) is 3.69. The highest BCUT2D eigenvalue weighted by Crippen LogP contribution is 2.31. The largest absolute Gasteiger partial charge is 0.338 e. The normalized spacial score (nSPS) is 20.2. The number of aromatic nitrogens is 3. The average molecular weight is 374 g/mol. The monoisotopic (exact) mass is 373 g/mol. The van der Waals surface area contributed by atoms with E-state index in [1.165, 1.54) is 24.0 Å². The Morgan fingerprint density at radius 2 is 2.23 bits per heavy atom. The highest BCUT2D eigenvalue weighted by atomic mass is 32.1. The number of rotatable bonds is 5. The fourth-order valence-electron chi connectivity index (χ4n) is 4.20. The molecule has 1 atom stereocenters. The van der Waals surface area contributed by atoms with E-state index in [9.17, 15) is 4.79 Å². The molecule has 1 saturated heterocycles. The number of aryl methyl sites for hydroxylation is 1. The smallest absolute Gasteiger partial charge is 0.264 e. The second kappa shape index (κ2) is 7.88. The van der Waals surface area contributed by atoms with E-state index < -0.39 is 0 Å². The molecule has 1 aliphatic carbocycles. The van der Waals surface area contributed by atoms with Crippen LogP contribution in [0.15, 0.2) is 11.6 Å². The number of fused-ring (bicyclic) bond motifs is 1. The van der Waals surface area contributed by atoms with Crippen LogP contribution in [-0.4, -0.2) is 45.9 Å². The number of nitrogens with one attached hydrogen (secondary N) is 1. The van der Waals surface area contributed by atoms with Crippen molar-refractivity contribution in [1.29, 1.82) is 0 Å². The average Bonchev–Trinajstić information content (AvgIpc) is 3.28. The zero-order valence-corrected chi connectivity index (χ0v) is 16.2. The molecule has 0 radical (unpaired) electrons. The summed E-state index contributed by atoms with van der Waals surface area (Å²) in [7, 11) is 1.91. The quantitative estimate of drug-likeness (QED) is 0.875. The van der Waals surface area contributed by atoms with Crippen molar-refractivity contribution in [2.45, 2.75) is 51.6 Å². The minimum atomic E-state index is 0.248. The van der Waals surface area contributed by atoms with Crippen molar-refractivity contribution in [2.75, 3.05) is 20.1 Å². The standard InChI is InChI=1S/C19H27N5OS/c1-20-9-16-12-24(22-21-16)11-14-5-4-8-23(10-14)19(25)18-17-7-3-2-6-15(17)13-26-18/h12-14,20H,2-11H2,1H3/t14-/m1/s1. The van der Waals surface area contributed by atoms with Gasteiger partial charge in [-0.15, -0.1) is 16.4 Å². The lowest BCUT2D eigenvalue weighted by molar-refractivity contribution is 0.0663. The number of hydrogen-bond acceptors (Lipinski definition) is 5. The van der Waals surface area contributed by atoms with Crippen LogP contribution in [0.3, 0.4) is 0 Å².